The number of piperidine rings is 1. The molecule has 27 heavy (non-hydrogen) atoms. The number of fused-ring (bicyclic) bond motifs is 2. The molecule has 1 atom stereocenters. The van der Waals surface area contributed by atoms with E-state index in [1.807, 2.05) is 19.3 Å². The van der Waals surface area contributed by atoms with Crippen LogP contribution in [0.15, 0.2) is 18.5 Å². The topological polar surface area (TPSA) is 67.1 Å². The number of phenolic OH excluding ortho intramolecular Hbond substituents is 1. The number of aryl methyl sites for hydroxylation is 2. The van der Waals surface area contributed by atoms with E-state index in [1.54, 1.807) is 0 Å². The molecule has 3 heterocycles. The van der Waals surface area contributed by atoms with Crippen molar-refractivity contribution in [3.63, 3.8) is 0 Å². The number of benzene rings is 1. The van der Waals surface area contributed by atoms with E-state index in [0.29, 0.717) is 11.8 Å². The summed E-state index contributed by atoms with van der Waals surface area (Å²) >= 11 is 0. The van der Waals surface area contributed by atoms with Crippen LogP contribution in [0.3, 0.4) is 0 Å². The van der Waals surface area contributed by atoms with Crippen LogP contribution >= 0.6 is 0 Å². The quantitative estimate of drug-likeness (QED) is 0.757. The van der Waals surface area contributed by atoms with Gasteiger partial charge in [-0.05, 0) is 69.8 Å². The van der Waals surface area contributed by atoms with Crippen molar-refractivity contribution in [2.45, 2.75) is 45.1 Å². The highest BCUT2D eigenvalue weighted by Crippen LogP contribution is 2.39. The largest absolute Gasteiger partial charge is 0.507 e. The van der Waals surface area contributed by atoms with Crippen LogP contribution in [0.5, 0.6) is 5.75 Å². The third-order valence-electron chi connectivity index (χ3n) is 6.22. The van der Waals surface area contributed by atoms with Crippen LogP contribution in [0.2, 0.25) is 0 Å². The van der Waals surface area contributed by atoms with Crippen molar-refractivity contribution in [2.24, 2.45) is 0 Å². The second-order valence-electron chi connectivity index (χ2n) is 8.01. The molecule has 0 spiro atoms. The predicted molar refractivity (Wildman–Crippen MR) is 105 cm³/mol. The summed E-state index contributed by atoms with van der Waals surface area (Å²) in [6.07, 6.45) is 7.33. The third kappa shape index (κ3) is 2.62. The Morgan fingerprint density at radius 2 is 2.04 bits per heavy atom. The van der Waals surface area contributed by atoms with Gasteiger partial charge in [-0.25, -0.2) is 4.98 Å². The van der Waals surface area contributed by atoms with Crippen LogP contribution in [0.4, 0.5) is 0 Å². The summed E-state index contributed by atoms with van der Waals surface area (Å²) in [6.45, 7) is 4.19. The minimum atomic E-state index is 0.370. The lowest BCUT2D eigenvalue weighted by molar-refractivity contribution is 0.214. The van der Waals surface area contributed by atoms with Crippen molar-refractivity contribution in [2.75, 3.05) is 20.1 Å². The third-order valence-corrected chi connectivity index (χ3v) is 6.22. The number of rotatable bonds is 2. The SMILES string of the molecule is Cc1c(-c2ccc3c(c2O)CCC3)nnc2c1ncn2[C@@H]1CCCN(C)C1. The average molecular weight is 363 g/mol. The maximum Gasteiger partial charge on any atom is 0.183 e. The molecule has 1 aliphatic carbocycles. The summed E-state index contributed by atoms with van der Waals surface area (Å²) in [4.78, 5) is 7.03. The lowest BCUT2D eigenvalue weighted by Crippen LogP contribution is -2.33. The van der Waals surface area contributed by atoms with Crippen LogP contribution in [0.25, 0.3) is 22.4 Å². The maximum absolute atomic E-state index is 10.8. The fourth-order valence-electron chi connectivity index (χ4n) is 4.73. The number of aromatic nitrogens is 4. The van der Waals surface area contributed by atoms with Crippen molar-refractivity contribution in [1.29, 1.82) is 0 Å². The Bertz CT molecular complexity index is 1030. The number of aromatic hydroxyl groups is 1. The summed E-state index contributed by atoms with van der Waals surface area (Å²) in [5.74, 6) is 0.370. The molecule has 0 bridgehead atoms. The zero-order valence-electron chi connectivity index (χ0n) is 15.9. The number of likely N-dealkylation sites (N-methyl/N-ethyl adjacent to an activating group) is 1. The average Bonchev–Trinajstić information content (AvgIpc) is 3.30. The highest BCUT2D eigenvalue weighted by Gasteiger charge is 2.24. The molecule has 0 radical (unpaired) electrons. The number of likely N-dealkylation sites (tertiary alicyclic amines) is 1. The molecule has 2 aliphatic rings. The second kappa shape index (κ2) is 6.30. The summed E-state index contributed by atoms with van der Waals surface area (Å²) in [5.41, 5.74) is 6.55. The number of phenols is 1. The van der Waals surface area contributed by atoms with Gasteiger partial charge in [0.2, 0.25) is 0 Å². The Kier molecular flexibility index (Phi) is 3.90. The van der Waals surface area contributed by atoms with Gasteiger partial charge in [0.1, 0.15) is 17.0 Å². The standard InChI is InChI=1S/C21H25N5O/c1-13-18(17-9-8-14-5-3-7-16(14)20(17)27)23-24-21-19(13)22-12-26(21)15-6-4-10-25(2)11-15/h8-9,12,15,27H,3-7,10-11H2,1-2H3/t15-/m1/s1. The molecule has 1 aromatic carbocycles. The zero-order chi connectivity index (χ0) is 18.5. The van der Waals surface area contributed by atoms with Crippen LogP contribution < -0.4 is 0 Å². The molecule has 5 rings (SSSR count). The van der Waals surface area contributed by atoms with E-state index in [4.69, 9.17) is 0 Å². The molecule has 1 aliphatic heterocycles. The first-order chi connectivity index (χ1) is 13.1. The zero-order valence-corrected chi connectivity index (χ0v) is 15.9. The van der Waals surface area contributed by atoms with Crippen molar-refractivity contribution in [3.05, 3.63) is 35.2 Å². The molecule has 0 amide bonds. The fraction of sp³-hybridized carbons (Fsp3) is 0.476. The molecular formula is C21H25N5O. The molecule has 1 saturated heterocycles. The van der Waals surface area contributed by atoms with Gasteiger partial charge in [0.25, 0.3) is 0 Å². The summed E-state index contributed by atoms with van der Waals surface area (Å²) in [6, 6.07) is 4.50. The number of imidazole rings is 1. The van der Waals surface area contributed by atoms with Gasteiger partial charge in [-0.3, -0.25) is 0 Å². The fourth-order valence-corrected chi connectivity index (χ4v) is 4.73. The molecule has 0 saturated carbocycles. The van der Waals surface area contributed by atoms with E-state index in [0.717, 1.165) is 72.3 Å². The van der Waals surface area contributed by atoms with Gasteiger partial charge in [-0.2, -0.15) is 0 Å². The van der Waals surface area contributed by atoms with Gasteiger partial charge in [0.05, 0.1) is 6.33 Å². The van der Waals surface area contributed by atoms with Gasteiger partial charge in [-0.15, -0.1) is 10.2 Å². The smallest absolute Gasteiger partial charge is 0.183 e. The van der Waals surface area contributed by atoms with Crippen molar-refractivity contribution in [3.8, 4) is 17.0 Å². The van der Waals surface area contributed by atoms with E-state index in [-0.39, 0.29) is 0 Å². The molecular weight excluding hydrogens is 338 g/mol. The minimum Gasteiger partial charge on any atom is -0.507 e. The lowest BCUT2D eigenvalue weighted by Gasteiger charge is -2.30. The van der Waals surface area contributed by atoms with E-state index in [2.05, 4.69) is 37.8 Å². The summed E-state index contributed by atoms with van der Waals surface area (Å²) in [7, 11) is 2.16. The Morgan fingerprint density at radius 1 is 1.15 bits per heavy atom. The van der Waals surface area contributed by atoms with Gasteiger partial charge >= 0.3 is 0 Å². The second-order valence-corrected chi connectivity index (χ2v) is 8.01. The van der Waals surface area contributed by atoms with Crippen molar-refractivity contribution in [1.82, 2.24) is 24.6 Å². The highest BCUT2D eigenvalue weighted by molar-refractivity contribution is 5.83. The molecule has 1 fully saturated rings. The minimum absolute atomic E-state index is 0.370. The van der Waals surface area contributed by atoms with E-state index >= 15 is 0 Å². The van der Waals surface area contributed by atoms with Crippen LogP contribution in [-0.2, 0) is 12.8 Å². The maximum atomic E-state index is 10.8. The molecule has 6 nitrogen and oxygen atoms in total. The number of nitrogens with zero attached hydrogens (tertiary/aromatic N) is 5. The number of hydrogen-bond acceptors (Lipinski definition) is 5. The van der Waals surface area contributed by atoms with Crippen LogP contribution in [0, 0.1) is 6.92 Å². The summed E-state index contributed by atoms with van der Waals surface area (Å²) in [5, 5.41) is 19.9. The van der Waals surface area contributed by atoms with Crippen molar-refractivity contribution >= 4 is 11.2 Å². The van der Waals surface area contributed by atoms with Gasteiger partial charge in [0, 0.05) is 23.7 Å². The van der Waals surface area contributed by atoms with E-state index in [1.165, 1.54) is 12.0 Å². The first-order valence-electron chi connectivity index (χ1n) is 9.86. The van der Waals surface area contributed by atoms with E-state index in [9.17, 15) is 5.11 Å². The highest BCUT2D eigenvalue weighted by atomic mass is 16.3. The first-order valence-corrected chi connectivity index (χ1v) is 9.86. The molecule has 6 heteroatoms. The van der Waals surface area contributed by atoms with Gasteiger partial charge in [-0.1, -0.05) is 6.07 Å². The lowest BCUT2D eigenvalue weighted by atomic mass is 10.00. The number of hydrogen-bond donors (Lipinski definition) is 1. The Morgan fingerprint density at radius 3 is 2.89 bits per heavy atom. The molecule has 140 valence electrons. The normalized spacial score (nSPS) is 20.3. The monoisotopic (exact) mass is 363 g/mol. The molecule has 0 unspecified atom stereocenters. The van der Waals surface area contributed by atoms with Crippen molar-refractivity contribution < 1.29 is 5.11 Å². The Labute approximate surface area is 158 Å². The Hall–Kier alpha value is -2.47. The molecule has 2 aromatic heterocycles. The van der Waals surface area contributed by atoms with E-state index < -0.39 is 0 Å². The summed E-state index contributed by atoms with van der Waals surface area (Å²) < 4.78 is 2.18. The van der Waals surface area contributed by atoms with Crippen LogP contribution in [0.1, 0.15) is 42.0 Å². The van der Waals surface area contributed by atoms with Gasteiger partial charge < -0.3 is 14.6 Å². The van der Waals surface area contributed by atoms with Gasteiger partial charge in [0.15, 0.2) is 5.65 Å². The van der Waals surface area contributed by atoms with Crippen LogP contribution in [-0.4, -0.2) is 49.9 Å². The molecule has 1 N–H and O–H groups in total. The molecule has 3 aromatic rings. The predicted octanol–water partition coefficient (Wildman–Crippen LogP) is 3.26. The Balaban J connectivity index is 1.59. The first kappa shape index (κ1) is 16.7.